The van der Waals surface area contributed by atoms with Gasteiger partial charge in [0.1, 0.15) is 5.75 Å². The Morgan fingerprint density at radius 3 is 2.57 bits per heavy atom. The average Bonchev–Trinajstić information content (AvgIpc) is 3.43. The van der Waals surface area contributed by atoms with Gasteiger partial charge in [0.25, 0.3) is 0 Å². The fourth-order valence-corrected chi connectivity index (χ4v) is 4.14. The minimum atomic E-state index is -0.0103. The molecule has 4 rings (SSSR count). The third kappa shape index (κ3) is 4.03. The van der Waals surface area contributed by atoms with Gasteiger partial charge < -0.3 is 28.7 Å². The number of carbonyl (C=O) groups excluding carboxylic acids is 1. The molecule has 0 radical (unpaired) electrons. The third-order valence-electron chi connectivity index (χ3n) is 5.87. The number of fused-ring (bicyclic) bond motifs is 1. The van der Waals surface area contributed by atoms with E-state index >= 15 is 0 Å². The van der Waals surface area contributed by atoms with Gasteiger partial charge in [0, 0.05) is 33.2 Å². The molecule has 0 saturated carbocycles. The molecule has 2 aliphatic heterocycles. The highest BCUT2D eigenvalue weighted by atomic mass is 16.7. The summed E-state index contributed by atoms with van der Waals surface area (Å²) < 4.78 is 21.4. The average molecular weight is 412 g/mol. The molecule has 0 aromatic heterocycles. The first-order chi connectivity index (χ1) is 14.6. The van der Waals surface area contributed by atoms with Crippen molar-refractivity contribution in [2.45, 2.75) is 18.4 Å². The third-order valence-corrected chi connectivity index (χ3v) is 5.87. The summed E-state index contributed by atoms with van der Waals surface area (Å²) >= 11 is 0. The molecule has 1 fully saturated rings. The van der Waals surface area contributed by atoms with Crippen LogP contribution in [0.2, 0.25) is 0 Å². The van der Waals surface area contributed by atoms with Crippen molar-refractivity contribution < 1.29 is 23.7 Å². The molecule has 0 unspecified atom stereocenters. The van der Waals surface area contributed by atoms with Crippen molar-refractivity contribution in [1.29, 1.82) is 0 Å². The van der Waals surface area contributed by atoms with Gasteiger partial charge in [-0.2, -0.15) is 0 Å². The van der Waals surface area contributed by atoms with Crippen LogP contribution in [-0.4, -0.2) is 63.6 Å². The zero-order valence-corrected chi connectivity index (χ0v) is 17.7. The van der Waals surface area contributed by atoms with E-state index in [0.29, 0.717) is 19.7 Å². The zero-order chi connectivity index (χ0) is 21.1. The van der Waals surface area contributed by atoms with Gasteiger partial charge >= 0.3 is 6.03 Å². The summed E-state index contributed by atoms with van der Waals surface area (Å²) in [6, 6.07) is 14.0. The number of likely N-dealkylation sites (N-methyl/N-ethyl adjacent to an activating group) is 1. The Bertz CT molecular complexity index is 886. The summed E-state index contributed by atoms with van der Waals surface area (Å²) in [5.74, 6) is 2.57. The Morgan fingerprint density at radius 2 is 1.83 bits per heavy atom. The largest absolute Gasteiger partial charge is 0.497 e. The van der Waals surface area contributed by atoms with E-state index in [1.165, 1.54) is 0 Å². The zero-order valence-electron chi connectivity index (χ0n) is 17.7. The summed E-state index contributed by atoms with van der Waals surface area (Å²) in [4.78, 5) is 16.9. The monoisotopic (exact) mass is 412 g/mol. The molecular weight excluding hydrogens is 384 g/mol. The highest BCUT2D eigenvalue weighted by Crippen LogP contribution is 2.43. The van der Waals surface area contributed by atoms with Crippen molar-refractivity contribution in [3.8, 4) is 17.2 Å². The Hall–Kier alpha value is -2.93. The fraction of sp³-hybridized carbons (Fsp3) is 0.435. The second-order valence-electron chi connectivity index (χ2n) is 7.68. The van der Waals surface area contributed by atoms with E-state index in [2.05, 4.69) is 6.07 Å². The van der Waals surface area contributed by atoms with E-state index in [1.807, 2.05) is 48.3 Å². The SMILES string of the molecule is COCCN(C)C(=O)N1C[C@@H](c2ccc3c(c2)OCO3)C[C@@H]1c1ccc(OC)cc1. The van der Waals surface area contributed by atoms with Gasteiger partial charge in [0.2, 0.25) is 6.79 Å². The van der Waals surface area contributed by atoms with E-state index < -0.39 is 0 Å². The molecule has 2 aromatic carbocycles. The van der Waals surface area contributed by atoms with Crippen LogP contribution in [0.15, 0.2) is 42.5 Å². The molecule has 2 aliphatic rings. The van der Waals surface area contributed by atoms with Gasteiger partial charge in [-0.1, -0.05) is 18.2 Å². The number of amides is 2. The maximum Gasteiger partial charge on any atom is 0.320 e. The maximum absolute atomic E-state index is 13.2. The first-order valence-electron chi connectivity index (χ1n) is 10.1. The first-order valence-corrected chi connectivity index (χ1v) is 10.1. The van der Waals surface area contributed by atoms with Crippen LogP contribution in [-0.2, 0) is 4.74 Å². The number of methoxy groups -OCH3 is 2. The van der Waals surface area contributed by atoms with Gasteiger partial charge in [-0.15, -0.1) is 0 Å². The predicted octanol–water partition coefficient (Wildman–Crippen LogP) is 3.65. The van der Waals surface area contributed by atoms with E-state index in [1.54, 1.807) is 19.1 Å². The summed E-state index contributed by atoms with van der Waals surface area (Å²) in [6.07, 6.45) is 0.843. The van der Waals surface area contributed by atoms with Crippen molar-refractivity contribution in [3.05, 3.63) is 53.6 Å². The normalized spacial score (nSPS) is 19.8. The number of likely N-dealkylation sites (tertiary alicyclic amines) is 1. The molecule has 0 bridgehead atoms. The Kier molecular flexibility index (Phi) is 5.99. The number of nitrogens with zero attached hydrogens (tertiary/aromatic N) is 2. The number of carbonyl (C=O) groups is 1. The topological polar surface area (TPSA) is 60.5 Å². The lowest BCUT2D eigenvalue weighted by atomic mass is 9.93. The number of hydrogen-bond donors (Lipinski definition) is 0. The Balaban J connectivity index is 1.60. The summed E-state index contributed by atoms with van der Waals surface area (Å²) in [6.45, 7) is 1.96. The van der Waals surface area contributed by atoms with Gasteiger partial charge in [-0.25, -0.2) is 4.79 Å². The van der Waals surface area contributed by atoms with Crippen LogP contribution >= 0.6 is 0 Å². The van der Waals surface area contributed by atoms with Crippen LogP contribution in [0.3, 0.4) is 0 Å². The molecule has 7 nitrogen and oxygen atoms in total. The second kappa shape index (κ2) is 8.83. The lowest BCUT2D eigenvalue weighted by Gasteiger charge is -2.30. The number of hydrogen-bond acceptors (Lipinski definition) is 5. The molecule has 0 aliphatic carbocycles. The smallest absolute Gasteiger partial charge is 0.320 e. The number of urea groups is 1. The summed E-state index contributed by atoms with van der Waals surface area (Å²) in [5, 5.41) is 0. The minimum absolute atomic E-state index is 0.0103. The van der Waals surface area contributed by atoms with Crippen LogP contribution in [0.4, 0.5) is 4.79 Å². The van der Waals surface area contributed by atoms with Crippen molar-refractivity contribution in [3.63, 3.8) is 0 Å². The lowest BCUT2D eigenvalue weighted by molar-refractivity contribution is 0.132. The quantitative estimate of drug-likeness (QED) is 0.725. The molecule has 2 atom stereocenters. The molecule has 0 N–H and O–H groups in total. The highest BCUT2D eigenvalue weighted by molar-refractivity contribution is 5.75. The molecule has 1 saturated heterocycles. The Morgan fingerprint density at radius 1 is 1.10 bits per heavy atom. The lowest BCUT2D eigenvalue weighted by Crippen LogP contribution is -2.42. The maximum atomic E-state index is 13.2. The van der Waals surface area contributed by atoms with Crippen molar-refractivity contribution in [2.24, 2.45) is 0 Å². The van der Waals surface area contributed by atoms with E-state index in [4.69, 9.17) is 18.9 Å². The molecule has 2 amide bonds. The number of ether oxygens (including phenoxy) is 4. The molecule has 2 aromatic rings. The number of rotatable bonds is 6. The van der Waals surface area contributed by atoms with Crippen molar-refractivity contribution in [2.75, 3.05) is 47.8 Å². The predicted molar refractivity (Wildman–Crippen MR) is 112 cm³/mol. The van der Waals surface area contributed by atoms with Crippen LogP contribution in [0.1, 0.15) is 29.5 Å². The summed E-state index contributed by atoms with van der Waals surface area (Å²) in [7, 11) is 5.12. The van der Waals surface area contributed by atoms with Crippen LogP contribution < -0.4 is 14.2 Å². The van der Waals surface area contributed by atoms with E-state index in [9.17, 15) is 4.79 Å². The first kappa shape index (κ1) is 20.3. The van der Waals surface area contributed by atoms with Crippen LogP contribution in [0.25, 0.3) is 0 Å². The molecule has 160 valence electrons. The molecular formula is C23H28N2O5. The Labute approximate surface area is 177 Å². The molecule has 7 heteroatoms. The van der Waals surface area contributed by atoms with Crippen molar-refractivity contribution in [1.82, 2.24) is 9.80 Å². The van der Waals surface area contributed by atoms with Gasteiger partial charge in [0.05, 0.1) is 19.8 Å². The number of benzene rings is 2. The van der Waals surface area contributed by atoms with Crippen LogP contribution in [0.5, 0.6) is 17.2 Å². The molecule has 2 heterocycles. The standard InChI is InChI=1S/C23H28N2O5/c1-24(10-11-27-2)23(26)25-14-18(17-6-9-21-22(13-17)30-15-29-21)12-20(25)16-4-7-19(28-3)8-5-16/h4-9,13,18,20H,10-12,14-15H2,1-3H3/t18-,20+/m0/s1. The summed E-state index contributed by atoms with van der Waals surface area (Å²) in [5.41, 5.74) is 2.26. The van der Waals surface area contributed by atoms with Gasteiger partial charge in [-0.3, -0.25) is 0 Å². The second-order valence-corrected chi connectivity index (χ2v) is 7.68. The fourth-order valence-electron chi connectivity index (χ4n) is 4.14. The van der Waals surface area contributed by atoms with E-state index in [-0.39, 0.29) is 24.8 Å². The van der Waals surface area contributed by atoms with Gasteiger partial charge in [-0.05, 0) is 41.8 Å². The van der Waals surface area contributed by atoms with Crippen molar-refractivity contribution >= 4 is 6.03 Å². The minimum Gasteiger partial charge on any atom is -0.497 e. The molecule has 30 heavy (non-hydrogen) atoms. The van der Waals surface area contributed by atoms with Gasteiger partial charge in [0.15, 0.2) is 11.5 Å². The highest BCUT2D eigenvalue weighted by Gasteiger charge is 2.38. The van der Waals surface area contributed by atoms with Crippen LogP contribution in [0, 0.1) is 0 Å². The van der Waals surface area contributed by atoms with E-state index in [0.717, 1.165) is 34.8 Å². The molecule has 0 spiro atoms.